The predicted molar refractivity (Wildman–Crippen MR) is 88.2 cm³/mol. The van der Waals surface area contributed by atoms with Crippen LogP contribution in [0.3, 0.4) is 0 Å². The van der Waals surface area contributed by atoms with Crippen LogP contribution >= 0.6 is 0 Å². The molecule has 0 saturated heterocycles. The van der Waals surface area contributed by atoms with Crippen LogP contribution in [0.15, 0.2) is 58.5 Å². The Balaban J connectivity index is 2.02. The number of amides is 1. The maximum absolute atomic E-state index is 12.5. The summed E-state index contributed by atoms with van der Waals surface area (Å²) in [6, 6.07) is 9.01. The lowest BCUT2D eigenvalue weighted by molar-refractivity contribution is 0.0980. The third kappa shape index (κ3) is 2.91. The maximum atomic E-state index is 12.5. The van der Waals surface area contributed by atoms with Gasteiger partial charge in [0.25, 0.3) is 21.5 Å². The summed E-state index contributed by atoms with van der Waals surface area (Å²) in [5.41, 5.74) is -0.350. The molecule has 24 heavy (non-hydrogen) atoms. The minimum Gasteiger partial charge on any atom is -0.326 e. The summed E-state index contributed by atoms with van der Waals surface area (Å²) in [5, 5.41) is 1.06. The van der Waals surface area contributed by atoms with Crippen molar-refractivity contribution < 1.29 is 13.2 Å². The molecule has 0 spiro atoms. The summed E-state index contributed by atoms with van der Waals surface area (Å²) >= 11 is 0. The molecule has 0 bridgehead atoms. The highest BCUT2D eigenvalue weighted by atomic mass is 32.2. The van der Waals surface area contributed by atoms with Gasteiger partial charge >= 0.3 is 0 Å². The van der Waals surface area contributed by atoms with E-state index in [1.54, 1.807) is 25.1 Å². The number of aromatic nitrogens is 2. The first kappa shape index (κ1) is 15.9. The van der Waals surface area contributed by atoms with Crippen molar-refractivity contribution >= 4 is 26.7 Å². The number of carbonyl (C=O) groups is 1. The molecule has 0 radical (unpaired) electrons. The van der Waals surface area contributed by atoms with E-state index >= 15 is 0 Å². The van der Waals surface area contributed by atoms with Gasteiger partial charge in [-0.2, -0.15) is 0 Å². The second-order valence-electron chi connectivity index (χ2n) is 5.17. The molecule has 1 amide bonds. The Morgan fingerprint density at radius 3 is 2.71 bits per heavy atom. The summed E-state index contributed by atoms with van der Waals surface area (Å²) in [7, 11) is -4.14. The summed E-state index contributed by atoms with van der Waals surface area (Å²) in [6.07, 6.45) is 2.99. The number of fused-ring (bicyclic) bond motifs is 1. The Morgan fingerprint density at radius 1 is 1.17 bits per heavy atom. The van der Waals surface area contributed by atoms with Gasteiger partial charge in [-0.05, 0) is 31.2 Å². The number of rotatable bonds is 3. The molecule has 3 aromatic rings. The van der Waals surface area contributed by atoms with Gasteiger partial charge < -0.3 is 4.98 Å². The summed E-state index contributed by atoms with van der Waals surface area (Å²) < 4.78 is 27.0. The lowest BCUT2D eigenvalue weighted by Gasteiger charge is -2.09. The number of H-pyrrole nitrogens is 1. The van der Waals surface area contributed by atoms with Gasteiger partial charge in [-0.3, -0.25) is 14.6 Å². The smallest absolute Gasteiger partial charge is 0.270 e. The molecule has 1 aromatic carbocycles. The zero-order chi connectivity index (χ0) is 17.3. The fraction of sp³-hybridized carbons (Fsp3) is 0.0625. The van der Waals surface area contributed by atoms with Crippen LogP contribution in [0, 0.1) is 6.92 Å². The molecule has 3 rings (SSSR count). The van der Waals surface area contributed by atoms with Gasteiger partial charge in [0, 0.05) is 28.9 Å². The van der Waals surface area contributed by atoms with Crippen molar-refractivity contribution in [1.82, 2.24) is 14.7 Å². The fourth-order valence-electron chi connectivity index (χ4n) is 2.31. The minimum absolute atomic E-state index is 0.0562. The third-order valence-electron chi connectivity index (χ3n) is 3.46. The average molecular weight is 343 g/mol. The molecular formula is C16H13N3O4S. The topological polar surface area (TPSA) is 109 Å². The van der Waals surface area contributed by atoms with E-state index in [2.05, 4.69) is 9.97 Å². The summed E-state index contributed by atoms with van der Waals surface area (Å²) in [4.78, 5) is 30.3. The van der Waals surface area contributed by atoms with E-state index in [1.165, 1.54) is 30.6 Å². The molecule has 0 fully saturated rings. The molecule has 7 nitrogen and oxygen atoms in total. The number of nitrogens with zero attached hydrogens (tertiary/aromatic N) is 1. The van der Waals surface area contributed by atoms with Crippen molar-refractivity contribution in [2.75, 3.05) is 0 Å². The second kappa shape index (κ2) is 5.89. The van der Waals surface area contributed by atoms with Crippen LogP contribution in [-0.4, -0.2) is 24.3 Å². The molecule has 0 aliphatic heterocycles. The number of pyridine rings is 2. The standard InChI is InChI=1S/C16H13N3O4S/c1-10-5-6-13(15(20)18-10)16(21)19-24(22,23)14-4-2-3-11-9-17-8-7-12(11)14/h2-9H,1H3,(H,18,20)(H,19,21). The van der Waals surface area contributed by atoms with Gasteiger partial charge in [-0.25, -0.2) is 13.1 Å². The molecule has 0 unspecified atom stereocenters. The lowest BCUT2D eigenvalue weighted by Crippen LogP contribution is -2.34. The molecule has 2 aromatic heterocycles. The number of nitrogens with one attached hydrogen (secondary N) is 2. The van der Waals surface area contributed by atoms with E-state index in [9.17, 15) is 18.0 Å². The first-order chi connectivity index (χ1) is 11.4. The van der Waals surface area contributed by atoms with Crippen molar-refractivity contribution in [2.45, 2.75) is 11.8 Å². The number of hydrogen-bond acceptors (Lipinski definition) is 5. The minimum atomic E-state index is -4.14. The van der Waals surface area contributed by atoms with Gasteiger partial charge in [0.1, 0.15) is 5.56 Å². The molecule has 0 aliphatic rings. The molecule has 0 saturated carbocycles. The van der Waals surface area contributed by atoms with Gasteiger partial charge in [0.2, 0.25) is 0 Å². The second-order valence-corrected chi connectivity index (χ2v) is 6.82. The summed E-state index contributed by atoms with van der Waals surface area (Å²) in [5.74, 6) is -0.984. The first-order valence-electron chi connectivity index (χ1n) is 6.98. The van der Waals surface area contributed by atoms with Crippen LogP contribution in [0.4, 0.5) is 0 Å². The zero-order valence-electron chi connectivity index (χ0n) is 12.6. The van der Waals surface area contributed by atoms with Gasteiger partial charge in [-0.1, -0.05) is 12.1 Å². The van der Waals surface area contributed by atoms with E-state index < -0.39 is 21.5 Å². The largest absolute Gasteiger partial charge is 0.326 e. The highest BCUT2D eigenvalue weighted by molar-refractivity contribution is 7.90. The van der Waals surface area contributed by atoms with E-state index in [0.717, 1.165) is 0 Å². The Kier molecular flexibility index (Phi) is 3.90. The van der Waals surface area contributed by atoms with Crippen LogP contribution in [0.2, 0.25) is 0 Å². The Morgan fingerprint density at radius 2 is 1.96 bits per heavy atom. The number of sulfonamides is 1. The highest BCUT2D eigenvalue weighted by Gasteiger charge is 2.22. The van der Waals surface area contributed by atoms with Crippen LogP contribution in [0.5, 0.6) is 0 Å². The molecule has 2 heterocycles. The van der Waals surface area contributed by atoms with Crippen molar-refractivity contribution in [2.24, 2.45) is 0 Å². The Bertz CT molecular complexity index is 1100. The lowest BCUT2D eigenvalue weighted by atomic mass is 10.2. The highest BCUT2D eigenvalue weighted by Crippen LogP contribution is 2.21. The van der Waals surface area contributed by atoms with Gasteiger partial charge in [-0.15, -0.1) is 0 Å². The monoisotopic (exact) mass is 343 g/mol. The Hall–Kier alpha value is -3.00. The van der Waals surface area contributed by atoms with Crippen molar-refractivity contribution in [3.63, 3.8) is 0 Å². The molecule has 8 heteroatoms. The number of aromatic amines is 1. The van der Waals surface area contributed by atoms with Crippen molar-refractivity contribution in [3.8, 4) is 0 Å². The number of aryl methyl sites for hydroxylation is 1. The van der Waals surface area contributed by atoms with Crippen LogP contribution in [0.25, 0.3) is 10.8 Å². The quantitative estimate of drug-likeness (QED) is 0.746. The first-order valence-corrected chi connectivity index (χ1v) is 8.46. The normalized spacial score (nSPS) is 11.4. The van der Waals surface area contributed by atoms with Crippen LogP contribution < -0.4 is 10.3 Å². The van der Waals surface area contributed by atoms with E-state index in [4.69, 9.17) is 0 Å². The van der Waals surface area contributed by atoms with Gasteiger partial charge in [0.15, 0.2) is 0 Å². The number of hydrogen-bond donors (Lipinski definition) is 2. The molecule has 0 aliphatic carbocycles. The van der Waals surface area contributed by atoms with E-state index in [1.807, 2.05) is 4.72 Å². The summed E-state index contributed by atoms with van der Waals surface area (Å²) in [6.45, 7) is 1.66. The van der Waals surface area contributed by atoms with E-state index in [0.29, 0.717) is 16.5 Å². The van der Waals surface area contributed by atoms with Crippen molar-refractivity contribution in [1.29, 1.82) is 0 Å². The maximum Gasteiger partial charge on any atom is 0.270 e. The average Bonchev–Trinajstić information content (AvgIpc) is 2.53. The zero-order valence-corrected chi connectivity index (χ0v) is 13.4. The molecule has 122 valence electrons. The molecule has 0 atom stereocenters. The Labute approximate surface area is 137 Å². The van der Waals surface area contributed by atoms with Crippen molar-refractivity contribution in [3.05, 3.63) is 70.4 Å². The number of carbonyl (C=O) groups excluding carboxylic acids is 1. The molecule has 2 N–H and O–H groups in total. The predicted octanol–water partition coefficient (Wildman–Crippen LogP) is 1.35. The SMILES string of the molecule is Cc1ccc(C(=O)NS(=O)(=O)c2cccc3cnccc23)c(=O)[nH]1. The molecular weight excluding hydrogens is 330 g/mol. The van der Waals surface area contributed by atoms with Crippen LogP contribution in [0.1, 0.15) is 16.1 Å². The van der Waals surface area contributed by atoms with E-state index in [-0.39, 0.29) is 10.5 Å². The van der Waals surface area contributed by atoms with Gasteiger partial charge in [0.05, 0.1) is 4.90 Å². The third-order valence-corrected chi connectivity index (χ3v) is 4.85. The fourth-order valence-corrected chi connectivity index (χ4v) is 3.51. The number of benzene rings is 1. The van der Waals surface area contributed by atoms with Crippen LogP contribution in [-0.2, 0) is 10.0 Å².